The summed E-state index contributed by atoms with van der Waals surface area (Å²) in [6, 6.07) is 9.33. The largest absolute Gasteiger partial charge is 0.319 e. The van der Waals surface area contributed by atoms with Crippen molar-refractivity contribution >= 4 is 11.8 Å². The Morgan fingerprint density at radius 2 is 1.89 bits per heavy atom. The highest BCUT2D eigenvalue weighted by Gasteiger charge is 2.44. The van der Waals surface area contributed by atoms with Gasteiger partial charge in [-0.2, -0.15) is 0 Å². The second kappa shape index (κ2) is 5.43. The molecule has 1 saturated heterocycles. The highest BCUT2D eigenvalue weighted by atomic mass is 16.2. The molecule has 1 aromatic carbocycles. The summed E-state index contributed by atoms with van der Waals surface area (Å²) < 4.78 is 0. The zero-order chi connectivity index (χ0) is 14.0. The molecule has 2 unspecified atom stereocenters. The zero-order valence-corrected chi connectivity index (χ0v) is 11.7. The third-order valence-electron chi connectivity index (χ3n) is 3.60. The molecular formula is C15H20N2O2. The molecule has 1 aromatic rings. The van der Waals surface area contributed by atoms with Crippen LogP contribution in [0.3, 0.4) is 0 Å². The summed E-state index contributed by atoms with van der Waals surface area (Å²) in [6.07, 6.45) is 0.999. The van der Waals surface area contributed by atoms with Crippen LogP contribution in [0.1, 0.15) is 38.4 Å². The highest BCUT2D eigenvalue weighted by Crippen LogP contribution is 2.33. The van der Waals surface area contributed by atoms with Gasteiger partial charge in [-0.1, -0.05) is 37.3 Å². The van der Waals surface area contributed by atoms with Crippen LogP contribution in [-0.4, -0.2) is 34.7 Å². The molecule has 0 saturated carbocycles. The van der Waals surface area contributed by atoms with Gasteiger partial charge in [0, 0.05) is 13.5 Å². The highest BCUT2D eigenvalue weighted by molar-refractivity contribution is 5.91. The maximum absolute atomic E-state index is 12.3. The summed E-state index contributed by atoms with van der Waals surface area (Å²) in [6.45, 7) is 3.77. The van der Waals surface area contributed by atoms with Crippen LogP contribution in [-0.2, 0) is 9.59 Å². The number of likely N-dealkylation sites (N-methyl/N-ethyl adjacent to an activating group) is 1. The summed E-state index contributed by atoms with van der Waals surface area (Å²) >= 11 is 0. The van der Waals surface area contributed by atoms with Gasteiger partial charge in [0.1, 0.15) is 12.2 Å². The minimum Gasteiger partial charge on any atom is -0.319 e. The molecule has 4 heteroatoms. The molecule has 2 rings (SSSR count). The minimum atomic E-state index is -0.380. The Kier molecular flexibility index (Phi) is 3.88. The molecule has 0 spiro atoms. The van der Waals surface area contributed by atoms with E-state index in [-0.39, 0.29) is 24.0 Å². The lowest BCUT2D eigenvalue weighted by molar-refractivity contribution is -0.136. The van der Waals surface area contributed by atoms with Crippen molar-refractivity contribution in [2.45, 2.75) is 38.9 Å². The number of carbonyl (C=O) groups is 2. The molecule has 0 N–H and O–H groups in total. The van der Waals surface area contributed by atoms with Crippen molar-refractivity contribution in [1.29, 1.82) is 0 Å². The Bertz CT molecular complexity index is 472. The lowest BCUT2D eigenvalue weighted by atomic mass is 10.1. The normalized spacial score (nSPS) is 23.0. The molecule has 0 aromatic heterocycles. The van der Waals surface area contributed by atoms with Gasteiger partial charge < -0.3 is 9.80 Å². The summed E-state index contributed by atoms with van der Waals surface area (Å²) in [5.74, 6) is 0.0415. The summed E-state index contributed by atoms with van der Waals surface area (Å²) in [5.41, 5.74) is 0.979. The minimum absolute atomic E-state index is 0.00157. The fourth-order valence-corrected chi connectivity index (χ4v) is 2.64. The Morgan fingerprint density at radius 1 is 1.26 bits per heavy atom. The Morgan fingerprint density at radius 3 is 2.47 bits per heavy atom. The number of hydrogen-bond donors (Lipinski definition) is 0. The Labute approximate surface area is 114 Å². The standard InChI is InChI=1S/C15H20N2O2/c1-4-8-13(18)17-11(2)15(19)16(3)14(17)12-9-6-5-7-10-12/h5-7,9-11,14H,4,8H2,1-3H3. The predicted molar refractivity (Wildman–Crippen MR) is 73.2 cm³/mol. The average Bonchev–Trinajstić information content (AvgIpc) is 2.64. The van der Waals surface area contributed by atoms with Gasteiger partial charge in [-0.25, -0.2) is 0 Å². The van der Waals surface area contributed by atoms with E-state index in [1.54, 1.807) is 23.8 Å². The lowest BCUT2D eigenvalue weighted by Crippen LogP contribution is -2.37. The molecule has 2 amide bonds. The molecular weight excluding hydrogens is 240 g/mol. The lowest BCUT2D eigenvalue weighted by Gasteiger charge is -2.29. The van der Waals surface area contributed by atoms with Crippen LogP contribution < -0.4 is 0 Å². The first-order chi connectivity index (χ1) is 9.07. The van der Waals surface area contributed by atoms with Gasteiger partial charge in [-0.3, -0.25) is 9.59 Å². The van der Waals surface area contributed by atoms with Crippen molar-refractivity contribution in [3.05, 3.63) is 35.9 Å². The summed E-state index contributed by atoms with van der Waals surface area (Å²) in [7, 11) is 1.76. The molecule has 2 atom stereocenters. The Balaban J connectivity index is 2.37. The number of benzene rings is 1. The third-order valence-corrected chi connectivity index (χ3v) is 3.60. The van der Waals surface area contributed by atoms with Crippen molar-refractivity contribution in [3.63, 3.8) is 0 Å². The second-order valence-corrected chi connectivity index (χ2v) is 4.96. The number of hydrogen-bond acceptors (Lipinski definition) is 2. The molecule has 1 aliphatic heterocycles. The average molecular weight is 260 g/mol. The van der Waals surface area contributed by atoms with E-state index in [0.717, 1.165) is 12.0 Å². The van der Waals surface area contributed by atoms with Crippen LogP contribution in [0.4, 0.5) is 0 Å². The molecule has 0 aliphatic carbocycles. The second-order valence-electron chi connectivity index (χ2n) is 4.96. The number of carbonyl (C=O) groups excluding carboxylic acids is 2. The van der Waals surface area contributed by atoms with Gasteiger partial charge in [-0.15, -0.1) is 0 Å². The first kappa shape index (κ1) is 13.6. The molecule has 19 heavy (non-hydrogen) atoms. The first-order valence-corrected chi connectivity index (χ1v) is 6.70. The van der Waals surface area contributed by atoms with Crippen LogP contribution in [0.15, 0.2) is 30.3 Å². The zero-order valence-electron chi connectivity index (χ0n) is 11.7. The SMILES string of the molecule is CCCC(=O)N1C(C)C(=O)N(C)C1c1ccccc1. The summed E-state index contributed by atoms with van der Waals surface area (Å²) in [4.78, 5) is 27.8. The van der Waals surface area contributed by atoms with E-state index in [0.29, 0.717) is 6.42 Å². The van der Waals surface area contributed by atoms with Crippen LogP contribution in [0.25, 0.3) is 0 Å². The van der Waals surface area contributed by atoms with Gasteiger partial charge in [0.2, 0.25) is 11.8 Å². The maximum atomic E-state index is 12.3. The first-order valence-electron chi connectivity index (χ1n) is 6.70. The summed E-state index contributed by atoms with van der Waals surface area (Å²) in [5, 5.41) is 0. The fourth-order valence-electron chi connectivity index (χ4n) is 2.64. The fraction of sp³-hybridized carbons (Fsp3) is 0.467. The van der Waals surface area contributed by atoms with Gasteiger partial charge in [0.05, 0.1) is 0 Å². The van der Waals surface area contributed by atoms with Gasteiger partial charge >= 0.3 is 0 Å². The molecule has 1 fully saturated rings. The third kappa shape index (κ3) is 2.35. The molecule has 0 radical (unpaired) electrons. The van der Waals surface area contributed by atoms with E-state index < -0.39 is 0 Å². The van der Waals surface area contributed by atoms with Crippen LogP contribution in [0.2, 0.25) is 0 Å². The van der Waals surface area contributed by atoms with Crippen molar-refractivity contribution in [3.8, 4) is 0 Å². The van der Waals surface area contributed by atoms with Crippen LogP contribution >= 0.6 is 0 Å². The number of amides is 2. The van der Waals surface area contributed by atoms with Gasteiger partial charge in [0.15, 0.2) is 0 Å². The van der Waals surface area contributed by atoms with Crippen LogP contribution in [0, 0.1) is 0 Å². The Hall–Kier alpha value is -1.84. The van der Waals surface area contributed by atoms with E-state index in [1.165, 1.54) is 0 Å². The van der Waals surface area contributed by atoms with Crippen molar-refractivity contribution < 1.29 is 9.59 Å². The van der Waals surface area contributed by atoms with Crippen molar-refractivity contribution in [1.82, 2.24) is 9.80 Å². The monoisotopic (exact) mass is 260 g/mol. The van der Waals surface area contributed by atoms with Crippen molar-refractivity contribution in [2.24, 2.45) is 0 Å². The predicted octanol–water partition coefficient (Wildman–Crippen LogP) is 2.17. The maximum Gasteiger partial charge on any atom is 0.246 e. The van der Waals surface area contributed by atoms with Crippen LogP contribution in [0.5, 0.6) is 0 Å². The molecule has 1 aliphatic rings. The van der Waals surface area contributed by atoms with E-state index >= 15 is 0 Å². The van der Waals surface area contributed by atoms with Gasteiger partial charge in [0.25, 0.3) is 0 Å². The quantitative estimate of drug-likeness (QED) is 0.835. The molecule has 1 heterocycles. The van der Waals surface area contributed by atoms with Crippen molar-refractivity contribution in [2.75, 3.05) is 7.05 Å². The number of rotatable bonds is 3. The van der Waals surface area contributed by atoms with E-state index in [9.17, 15) is 9.59 Å². The van der Waals surface area contributed by atoms with E-state index in [2.05, 4.69) is 0 Å². The molecule has 4 nitrogen and oxygen atoms in total. The van der Waals surface area contributed by atoms with E-state index in [4.69, 9.17) is 0 Å². The number of nitrogens with zero attached hydrogens (tertiary/aromatic N) is 2. The molecule has 0 bridgehead atoms. The van der Waals surface area contributed by atoms with Gasteiger partial charge in [-0.05, 0) is 18.9 Å². The smallest absolute Gasteiger partial charge is 0.246 e. The molecule has 102 valence electrons. The topological polar surface area (TPSA) is 40.6 Å². The van der Waals surface area contributed by atoms with E-state index in [1.807, 2.05) is 37.3 Å².